The van der Waals surface area contributed by atoms with E-state index in [2.05, 4.69) is 31.2 Å². The number of aryl methyl sites for hydroxylation is 2. The average molecular weight is 279 g/mol. The first-order valence-electron chi connectivity index (χ1n) is 7.21. The van der Waals surface area contributed by atoms with Gasteiger partial charge in [-0.3, -0.25) is 9.48 Å². The van der Waals surface area contributed by atoms with Crippen LogP contribution < -0.4 is 5.32 Å². The predicted octanol–water partition coefficient (Wildman–Crippen LogP) is 1.85. The Kier molecular flexibility index (Phi) is 4.18. The third-order valence-corrected chi connectivity index (χ3v) is 3.80. The fourth-order valence-corrected chi connectivity index (χ4v) is 2.58. The molecule has 5 nitrogen and oxygen atoms in total. The lowest BCUT2D eigenvalue weighted by atomic mass is 9.88. The van der Waals surface area contributed by atoms with Gasteiger partial charge in [-0.15, -0.1) is 0 Å². The normalized spacial score (nSPS) is 18.7. The molecule has 0 saturated carbocycles. The summed E-state index contributed by atoms with van der Waals surface area (Å²) in [5.74, 6) is 0.234. The van der Waals surface area contributed by atoms with Crippen LogP contribution in [0.5, 0.6) is 0 Å². The molecule has 2 rings (SSSR count). The zero-order valence-electron chi connectivity index (χ0n) is 13.1. The van der Waals surface area contributed by atoms with E-state index < -0.39 is 0 Å². The van der Waals surface area contributed by atoms with E-state index in [1.54, 1.807) is 0 Å². The summed E-state index contributed by atoms with van der Waals surface area (Å²) in [7, 11) is 0. The molecule has 0 aliphatic carbocycles. The Balaban J connectivity index is 2.08. The summed E-state index contributed by atoms with van der Waals surface area (Å²) in [6.45, 7) is 12.3. The summed E-state index contributed by atoms with van der Waals surface area (Å²) in [4.78, 5) is 12.5. The summed E-state index contributed by atoms with van der Waals surface area (Å²) in [5, 5.41) is 7.52. The second-order valence-electron chi connectivity index (χ2n) is 6.58. The lowest BCUT2D eigenvalue weighted by molar-refractivity contribution is -0.131. The molecular formula is C15H25N3O2. The first-order chi connectivity index (χ1) is 9.32. The van der Waals surface area contributed by atoms with Gasteiger partial charge in [0.05, 0.1) is 18.9 Å². The quantitative estimate of drug-likeness (QED) is 0.895. The molecule has 0 spiro atoms. The molecule has 1 atom stereocenters. The van der Waals surface area contributed by atoms with Gasteiger partial charge in [-0.05, 0) is 25.8 Å². The summed E-state index contributed by atoms with van der Waals surface area (Å²) < 4.78 is 7.06. The molecule has 0 bridgehead atoms. The first-order valence-corrected chi connectivity index (χ1v) is 7.21. The minimum absolute atomic E-state index is 0.0410. The predicted molar refractivity (Wildman–Crippen MR) is 77.5 cm³/mol. The van der Waals surface area contributed by atoms with E-state index in [9.17, 15) is 4.79 Å². The monoisotopic (exact) mass is 279 g/mol. The molecule has 1 aliphatic heterocycles. The Morgan fingerprint density at radius 2 is 2.15 bits per heavy atom. The van der Waals surface area contributed by atoms with Crippen LogP contribution in [0.3, 0.4) is 0 Å². The van der Waals surface area contributed by atoms with Crippen molar-refractivity contribution in [1.29, 1.82) is 0 Å². The molecule has 0 aromatic carbocycles. The van der Waals surface area contributed by atoms with E-state index in [0.29, 0.717) is 6.54 Å². The van der Waals surface area contributed by atoms with Crippen molar-refractivity contribution in [3.63, 3.8) is 0 Å². The molecule has 2 heterocycles. The SMILES string of the molecule is Cc1cc(C)n([C@@H](C(=O)NCC2(C)COC2)C(C)C)n1. The number of hydrogen-bond donors (Lipinski definition) is 1. The van der Waals surface area contributed by atoms with Gasteiger partial charge >= 0.3 is 0 Å². The minimum Gasteiger partial charge on any atom is -0.380 e. The molecule has 1 saturated heterocycles. The van der Waals surface area contributed by atoms with Crippen LogP contribution in [0, 0.1) is 25.2 Å². The van der Waals surface area contributed by atoms with Gasteiger partial charge in [0, 0.05) is 17.7 Å². The van der Waals surface area contributed by atoms with Gasteiger partial charge in [-0.2, -0.15) is 5.10 Å². The fourth-order valence-electron chi connectivity index (χ4n) is 2.58. The first kappa shape index (κ1) is 15.0. The van der Waals surface area contributed by atoms with E-state index in [4.69, 9.17) is 4.74 Å². The topological polar surface area (TPSA) is 56.2 Å². The number of aromatic nitrogens is 2. The molecule has 0 unspecified atom stereocenters. The molecular weight excluding hydrogens is 254 g/mol. The number of nitrogens with one attached hydrogen (secondary N) is 1. The van der Waals surface area contributed by atoms with Crippen LogP contribution >= 0.6 is 0 Å². The van der Waals surface area contributed by atoms with Crippen molar-refractivity contribution in [3.8, 4) is 0 Å². The van der Waals surface area contributed by atoms with Crippen molar-refractivity contribution in [2.24, 2.45) is 11.3 Å². The molecule has 112 valence electrons. The molecule has 1 N–H and O–H groups in total. The summed E-state index contributed by atoms with van der Waals surface area (Å²) in [6, 6.07) is 1.75. The molecule has 1 amide bonds. The number of rotatable bonds is 5. The molecule has 0 radical (unpaired) electrons. The third kappa shape index (κ3) is 3.03. The number of carbonyl (C=O) groups excluding carboxylic acids is 1. The number of hydrogen-bond acceptors (Lipinski definition) is 3. The minimum atomic E-state index is -0.256. The van der Waals surface area contributed by atoms with Crippen molar-refractivity contribution in [2.75, 3.05) is 19.8 Å². The van der Waals surface area contributed by atoms with Crippen molar-refractivity contribution in [1.82, 2.24) is 15.1 Å². The van der Waals surface area contributed by atoms with E-state index >= 15 is 0 Å². The highest BCUT2D eigenvalue weighted by Gasteiger charge is 2.35. The van der Waals surface area contributed by atoms with Crippen LogP contribution in [0.15, 0.2) is 6.07 Å². The van der Waals surface area contributed by atoms with E-state index in [1.807, 2.05) is 24.6 Å². The number of amides is 1. The second kappa shape index (κ2) is 5.56. The van der Waals surface area contributed by atoms with Crippen LogP contribution in [-0.4, -0.2) is 35.4 Å². The maximum Gasteiger partial charge on any atom is 0.245 e. The molecule has 1 aromatic rings. The van der Waals surface area contributed by atoms with E-state index in [-0.39, 0.29) is 23.3 Å². The lowest BCUT2D eigenvalue weighted by Crippen LogP contribution is -2.50. The molecule has 1 aliphatic rings. The second-order valence-corrected chi connectivity index (χ2v) is 6.58. The summed E-state index contributed by atoms with van der Waals surface area (Å²) >= 11 is 0. The Bertz CT molecular complexity index is 489. The zero-order chi connectivity index (χ0) is 14.9. The molecule has 20 heavy (non-hydrogen) atoms. The van der Waals surface area contributed by atoms with E-state index in [0.717, 1.165) is 24.6 Å². The number of carbonyl (C=O) groups is 1. The Morgan fingerprint density at radius 3 is 2.55 bits per heavy atom. The van der Waals surface area contributed by atoms with Crippen LogP contribution in [0.25, 0.3) is 0 Å². The maximum absolute atomic E-state index is 12.5. The van der Waals surface area contributed by atoms with Crippen molar-refractivity contribution < 1.29 is 9.53 Å². The van der Waals surface area contributed by atoms with Crippen molar-refractivity contribution in [2.45, 2.75) is 40.7 Å². The summed E-state index contributed by atoms with van der Waals surface area (Å²) in [6.07, 6.45) is 0. The van der Waals surface area contributed by atoms with Crippen molar-refractivity contribution >= 4 is 5.91 Å². The largest absolute Gasteiger partial charge is 0.380 e. The highest BCUT2D eigenvalue weighted by Crippen LogP contribution is 2.26. The van der Waals surface area contributed by atoms with Gasteiger partial charge in [-0.1, -0.05) is 20.8 Å². The smallest absolute Gasteiger partial charge is 0.245 e. The third-order valence-electron chi connectivity index (χ3n) is 3.80. The van der Waals surface area contributed by atoms with Gasteiger partial charge in [0.15, 0.2) is 0 Å². The standard InChI is InChI=1S/C15H25N3O2/c1-10(2)13(18-12(4)6-11(3)17-18)14(19)16-7-15(5)8-20-9-15/h6,10,13H,7-9H2,1-5H3,(H,16,19)/t13-/m1/s1. The Hall–Kier alpha value is -1.36. The average Bonchev–Trinajstić information content (AvgIpc) is 2.63. The highest BCUT2D eigenvalue weighted by molar-refractivity contribution is 5.80. The van der Waals surface area contributed by atoms with Gasteiger partial charge in [-0.25, -0.2) is 0 Å². The van der Waals surface area contributed by atoms with Gasteiger partial charge in [0.1, 0.15) is 6.04 Å². The highest BCUT2D eigenvalue weighted by atomic mass is 16.5. The zero-order valence-corrected chi connectivity index (χ0v) is 13.1. The van der Waals surface area contributed by atoms with E-state index in [1.165, 1.54) is 0 Å². The Morgan fingerprint density at radius 1 is 1.50 bits per heavy atom. The molecule has 5 heteroatoms. The molecule has 1 aromatic heterocycles. The van der Waals surface area contributed by atoms with Crippen molar-refractivity contribution in [3.05, 3.63) is 17.5 Å². The maximum atomic E-state index is 12.5. The Labute approximate surface area is 120 Å². The molecule has 1 fully saturated rings. The number of ether oxygens (including phenoxy) is 1. The van der Waals surface area contributed by atoms with Gasteiger partial charge in [0.25, 0.3) is 0 Å². The number of nitrogens with zero attached hydrogens (tertiary/aromatic N) is 2. The van der Waals surface area contributed by atoms with Gasteiger partial charge in [0.2, 0.25) is 5.91 Å². The van der Waals surface area contributed by atoms with Gasteiger partial charge < -0.3 is 10.1 Å². The van der Waals surface area contributed by atoms with Crippen LogP contribution in [0.2, 0.25) is 0 Å². The van der Waals surface area contributed by atoms with Crippen LogP contribution in [0.4, 0.5) is 0 Å². The fraction of sp³-hybridized carbons (Fsp3) is 0.733. The van der Waals surface area contributed by atoms with Crippen LogP contribution in [0.1, 0.15) is 38.2 Å². The lowest BCUT2D eigenvalue weighted by Gasteiger charge is -2.38. The summed E-state index contributed by atoms with van der Waals surface area (Å²) in [5.41, 5.74) is 2.06. The van der Waals surface area contributed by atoms with Crippen LogP contribution in [-0.2, 0) is 9.53 Å².